The van der Waals surface area contributed by atoms with Gasteiger partial charge in [-0.2, -0.15) is 0 Å². The van der Waals surface area contributed by atoms with Crippen LogP contribution >= 0.6 is 0 Å². The zero-order valence-corrected chi connectivity index (χ0v) is 17.2. The van der Waals surface area contributed by atoms with Crippen molar-refractivity contribution < 1.29 is 9.53 Å². The number of anilines is 1. The van der Waals surface area contributed by atoms with E-state index in [4.69, 9.17) is 4.74 Å². The molecule has 3 heterocycles. The number of hydrogen-bond donors (Lipinski definition) is 0. The van der Waals surface area contributed by atoms with Crippen molar-refractivity contribution in [3.8, 4) is 0 Å². The highest BCUT2D eigenvalue weighted by Gasteiger charge is 2.33. The van der Waals surface area contributed by atoms with E-state index in [9.17, 15) is 9.59 Å². The van der Waals surface area contributed by atoms with Crippen LogP contribution in [0.25, 0.3) is 10.9 Å². The van der Waals surface area contributed by atoms with Crippen LogP contribution in [0.3, 0.4) is 0 Å². The van der Waals surface area contributed by atoms with Gasteiger partial charge in [-0.3, -0.25) is 19.1 Å². The summed E-state index contributed by atoms with van der Waals surface area (Å²) >= 11 is 0. The minimum absolute atomic E-state index is 0.0275. The maximum Gasteiger partial charge on any atom is 0.261 e. The lowest BCUT2D eigenvalue weighted by Gasteiger charge is -2.42. The number of piperidine rings is 1. The van der Waals surface area contributed by atoms with Gasteiger partial charge in [-0.15, -0.1) is 0 Å². The van der Waals surface area contributed by atoms with Crippen LogP contribution in [0.15, 0.2) is 29.3 Å². The molecule has 29 heavy (non-hydrogen) atoms. The van der Waals surface area contributed by atoms with Crippen molar-refractivity contribution in [2.75, 3.05) is 58.4 Å². The van der Waals surface area contributed by atoms with Gasteiger partial charge in [-0.1, -0.05) is 0 Å². The number of aromatic nitrogens is 2. The van der Waals surface area contributed by atoms with E-state index < -0.39 is 0 Å². The largest absolute Gasteiger partial charge is 0.383 e. The van der Waals surface area contributed by atoms with E-state index in [2.05, 4.69) is 14.8 Å². The first kappa shape index (κ1) is 19.8. The summed E-state index contributed by atoms with van der Waals surface area (Å²) in [7, 11) is 3.52. The molecule has 1 amide bonds. The Hall–Kier alpha value is -2.45. The van der Waals surface area contributed by atoms with Crippen molar-refractivity contribution >= 4 is 22.5 Å². The van der Waals surface area contributed by atoms with E-state index in [1.54, 1.807) is 18.0 Å². The van der Waals surface area contributed by atoms with Gasteiger partial charge in [0.25, 0.3) is 5.56 Å². The number of fused-ring (bicyclic) bond motifs is 1. The minimum Gasteiger partial charge on any atom is -0.383 e. The zero-order chi connectivity index (χ0) is 20.4. The lowest BCUT2D eigenvalue weighted by atomic mass is 10.0. The molecule has 0 aliphatic carbocycles. The van der Waals surface area contributed by atoms with Crippen LogP contribution in [-0.4, -0.2) is 84.8 Å². The summed E-state index contributed by atoms with van der Waals surface area (Å²) in [6.07, 6.45) is 3.63. The van der Waals surface area contributed by atoms with Crippen molar-refractivity contribution in [1.29, 1.82) is 0 Å². The number of piperazine rings is 1. The summed E-state index contributed by atoms with van der Waals surface area (Å²) in [5, 5.41) is 0.627. The Labute approximate surface area is 170 Å². The molecule has 4 rings (SSSR count). The Balaban J connectivity index is 1.46. The van der Waals surface area contributed by atoms with Crippen LogP contribution < -0.4 is 10.5 Å². The van der Waals surface area contributed by atoms with Crippen LogP contribution in [0, 0.1) is 0 Å². The zero-order valence-electron chi connectivity index (χ0n) is 17.2. The molecule has 2 fully saturated rings. The van der Waals surface area contributed by atoms with Crippen molar-refractivity contribution in [2.45, 2.75) is 25.4 Å². The Morgan fingerprint density at radius 2 is 1.93 bits per heavy atom. The number of likely N-dealkylation sites (tertiary alicyclic amines) is 1. The summed E-state index contributed by atoms with van der Waals surface area (Å²) in [6, 6.07) is 5.89. The lowest BCUT2D eigenvalue weighted by Crippen LogP contribution is -2.57. The summed E-state index contributed by atoms with van der Waals surface area (Å²) in [4.78, 5) is 36.0. The second kappa shape index (κ2) is 8.51. The molecule has 1 aromatic carbocycles. The molecule has 1 aromatic heterocycles. The average Bonchev–Trinajstić information content (AvgIpc) is 2.75. The number of hydrogen-bond acceptors (Lipinski definition) is 6. The third kappa shape index (κ3) is 4.00. The van der Waals surface area contributed by atoms with E-state index in [1.807, 2.05) is 30.1 Å². The molecule has 1 atom stereocenters. The number of methoxy groups -OCH3 is 1. The fraction of sp³-hybridized carbons (Fsp3) is 0.571. The predicted molar refractivity (Wildman–Crippen MR) is 112 cm³/mol. The fourth-order valence-corrected chi connectivity index (χ4v) is 4.33. The topological polar surface area (TPSA) is 70.9 Å². The molecule has 0 radical (unpaired) electrons. The third-order valence-electron chi connectivity index (χ3n) is 6.10. The molecule has 2 aliphatic rings. The number of carbonyl (C=O) groups is 1. The molecular weight excluding hydrogens is 370 g/mol. The Bertz CT molecular complexity index is 936. The van der Waals surface area contributed by atoms with Gasteiger partial charge in [0.2, 0.25) is 5.91 Å². The molecule has 8 heteroatoms. The molecule has 2 aromatic rings. The molecule has 0 spiro atoms. The molecular formula is C21H29N5O3. The van der Waals surface area contributed by atoms with Gasteiger partial charge in [-0.25, -0.2) is 4.98 Å². The standard InChI is InChI=1S/C21H29N5O3/c1-23-7-3-4-19(21(23)28)25-10-8-24(9-11-25)16-5-6-17-18(14-16)22-15-26(20(17)27)12-13-29-2/h5-6,14-15,19H,3-4,7-13H2,1-2H3. The molecule has 0 N–H and O–H groups in total. The van der Waals surface area contributed by atoms with Crippen molar-refractivity contribution in [2.24, 2.45) is 0 Å². The first-order valence-corrected chi connectivity index (χ1v) is 10.3. The average molecular weight is 399 g/mol. The van der Waals surface area contributed by atoms with Gasteiger partial charge in [-0.05, 0) is 31.0 Å². The van der Waals surface area contributed by atoms with E-state index in [1.165, 1.54) is 0 Å². The fourth-order valence-electron chi connectivity index (χ4n) is 4.33. The number of amides is 1. The second-order valence-corrected chi connectivity index (χ2v) is 7.88. The van der Waals surface area contributed by atoms with Crippen LogP contribution in [-0.2, 0) is 16.1 Å². The summed E-state index contributed by atoms with van der Waals surface area (Å²) in [5.74, 6) is 0.254. The first-order valence-electron chi connectivity index (χ1n) is 10.3. The Morgan fingerprint density at radius 3 is 2.69 bits per heavy atom. The summed E-state index contributed by atoms with van der Waals surface area (Å²) in [5.41, 5.74) is 1.75. The minimum atomic E-state index is -0.0386. The Morgan fingerprint density at radius 1 is 1.14 bits per heavy atom. The van der Waals surface area contributed by atoms with Crippen LogP contribution in [0.4, 0.5) is 5.69 Å². The summed E-state index contributed by atoms with van der Waals surface area (Å²) < 4.78 is 6.64. The lowest BCUT2D eigenvalue weighted by molar-refractivity contribution is -0.138. The van der Waals surface area contributed by atoms with Crippen LogP contribution in [0.1, 0.15) is 12.8 Å². The second-order valence-electron chi connectivity index (χ2n) is 7.88. The SMILES string of the molecule is COCCn1cnc2cc(N3CCN(C4CCCN(C)C4=O)CC3)ccc2c1=O. The monoisotopic (exact) mass is 399 g/mol. The van der Waals surface area contributed by atoms with Crippen molar-refractivity contribution in [3.05, 3.63) is 34.9 Å². The smallest absolute Gasteiger partial charge is 0.261 e. The van der Waals surface area contributed by atoms with Gasteiger partial charge in [0.15, 0.2) is 0 Å². The van der Waals surface area contributed by atoms with Crippen molar-refractivity contribution in [1.82, 2.24) is 19.4 Å². The number of carbonyl (C=O) groups excluding carboxylic acids is 1. The number of benzene rings is 1. The number of ether oxygens (including phenoxy) is 1. The number of likely N-dealkylation sites (N-methyl/N-ethyl adjacent to an activating group) is 1. The van der Waals surface area contributed by atoms with Gasteiger partial charge in [0.1, 0.15) is 0 Å². The van der Waals surface area contributed by atoms with Gasteiger partial charge >= 0.3 is 0 Å². The van der Waals surface area contributed by atoms with Gasteiger partial charge < -0.3 is 14.5 Å². The van der Waals surface area contributed by atoms with Crippen LogP contribution in [0.5, 0.6) is 0 Å². The van der Waals surface area contributed by atoms with Crippen LogP contribution in [0.2, 0.25) is 0 Å². The highest BCUT2D eigenvalue weighted by Crippen LogP contribution is 2.23. The van der Waals surface area contributed by atoms with Crippen molar-refractivity contribution in [3.63, 3.8) is 0 Å². The van der Waals surface area contributed by atoms with E-state index in [0.29, 0.717) is 24.1 Å². The van der Waals surface area contributed by atoms with Gasteiger partial charge in [0.05, 0.1) is 36.4 Å². The quantitative estimate of drug-likeness (QED) is 0.740. The molecule has 0 bridgehead atoms. The summed E-state index contributed by atoms with van der Waals surface area (Å²) in [6.45, 7) is 5.31. The predicted octanol–water partition coefficient (Wildman–Crippen LogP) is 0.786. The molecule has 156 valence electrons. The maximum absolute atomic E-state index is 12.6. The molecule has 2 aliphatic heterocycles. The highest BCUT2D eigenvalue weighted by molar-refractivity contribution is 5.83. The normalized spacial score (nSPS) is 21.2. The van der Waals surface area contributed by atoms with Gasteiger partial charge in [0, 0.05) is 52.6 Å². The number of rotatable bonds is 5. The molecule has 0 saturated carbocycles. The van der Waals surface area contributed by atoms with E-state index in [-0.39, 0.29) is 17.5 Å². The maximum atomic E-state index is 12.6. The third-order valence-corrected chi connectivity index (χ3v) is 6.10. The molecule has 8 nitrogen and oxygen atoms in total. The first-order chi connectivity index (χ1) is 14.1. The molecule has 2 saturated heterocycles. The molecule has 1 unspecified atom stereocenters. The Kier molecular flexibility index (Phi) is 5.82. The number of nitrogens with zero attached hydrogens (tertiary/aromatic N) is 5. The van der Waals surface area contributed by atoms with E-state index in [0.717, 1.165) is 51.3 Å². The van der Waals surface area contributed by atoms with E-state index >= 15 is 0 Å². The highest BCUT2D eigenvalue weighted by atomic mass is 16.5.